The van der Waals surface area contributed by atoms with Crippen LogP contribution in [-0.4, -0.2) is 103 Å². The fourth-order valence-electron chi connectivity index (χ4n) is 6.53. The molecule has 0 atom stereocenters. The van der Waals surface area contributed by atoms with Crippen molar-refractivity contribution in [2.75, 3.05) is 20.8 Å². The van der Waals surface area contributed by atoms with E-state index in [9.17, 15) is 32.3 Å². The van der Waals surface area contributed by atoms with Gasteiger partial charge in [-0.1, -0.05) is 31.8 Å². The van der Waals surface area contributed by atoms with Crippen LogP contribution in [0.1, 0.15) is 115 Å². The highest BCUT2D eigenvalue weighted by molar-refractivity contribution is 6.76. The first kappa shape index (κ1) is 47.2. The number of hydrogen-bond donors (Lipinski definition) is 1. The summed E-state index contributed by atoms with van der Waals surface area (Å²) in [6.45, 7) is 7.84. The maximum atomic E-state index is 12.9. The maximum absolute atomic E-state index is 12.9. The molecular weight excluding hydrogens is 854 g/mol. The first-order chi connectivity index (χ1) is 30.4. The van der Waals surface area contributed by atoms with Crippen molar-refractivity contribution in [2.24, 2.45) is 0 Å². The number of H-pyrrole nitrogens is 1. The van der Waals surface area contributed by atoms with Gasteiger partial charge in [0.25, 0.3) is 0 Å². The summed E-state index contributed by atoms with van der Waals surface area (Å²) in [5, 5.41) is 0. The Balaban J connectivity index is 0.000000194. The van der Waals surface area contributed by atoms with E-state index in [0.29, 0.717) is 54.3 Å². The number of carbonyl (C=O) groups is 5. The number of imidazole rings is 4. The molecular formula is C44H51F3N8O8Si. The molecule has 0 bridgehead atoms. The molecule has 0 spiro atoms. The summed E-state index contributed by atoms with van der Waals surface area (Å²) in [6.07, 6.45) is 11.3. The van der Waals surface area contributed by atoms with Crippen molar-refractivity contribution in [3.63, 3.8) is 0 Å². The summed E-state index contributed by atoms with van der Waals surface area (Å²) in [5.41, 5.74) is 5.54. The number of rotatable bonds is 17. The zero-order valence-electron chi connectivity index (χ0n) is 36.3. The van der Waals surface area contributed by atoms with Crippen LogP contribution in [-0.2, 0) is 38.6 Å². The number of Topliss-reactive ketones (excluding diaryl/α,β-unsaturated/α-hetero) is 2. The predicted molar refractivity (Wildman–Crippen MR) is 229 cm³/mol. The van der Waals surface area contributed by atoms with Crippen molar-refractivity contribution in [1.29, 1.82) is 0 Å². The van der Waals surface area contributed by atoms with Crippen LogP contribution >= 0.6 is 0 Å². The first-order valence-corrected chi connectivity index (χ1v) is 24.6. The first-order valence-electron chi connectivity index (χ1n) is 20.8. The number of ketones is 2. The van der Waals surface area contributed by atoms with E-state index in [0.717, 1.165) is 17.3 Å². The van der Waals surface area contributed by atoms with Gasteiger partial charge in [0.2, 0.25) is 6.29 Å². The van der Waals surface area contributed by atoms with Crippen molar-refractivity contribution in [3.8, 4) is 0 Å². The number of nitrogens with one attached hydrogen (secondary N) is 1. The lowest BCUT2D eigenvalue weighted by molar-refractivity contribution is -0.156. The highest BCUT2D eigenvalue weighted by Crippen LogP contribution is 2.40. The zero-order valence-corrected chi connectivity index (χ0v) is 37.3. The van der Waals surface area contributed by atoms with E-state index in [-0.39, 0.29) is 42.5 Å². The number of methoxy groups -OCH3 is 2. The Bertz CT molecular complexity index is 2620. The molecule has 6 aromatic heterocycles. The minimum absolute atomic E-state index is 0.0484. The molecule has 0 aromatic carbocycles. The van der Waals surface area contributed by atoms with Gasteiger partial charge in [0.05, 0.1) is 20.4 Å². The maximum Gasteiger partial charge on any atom is 0.446 e. The molecule has 0 radical (unpaired) electrons. The smallest absolute Gasteiger partial charge is 0.446 e. The molecule has 2 aliphatic rings. The van der Waals surface area contributed by atoms with E-state index in [2.05, 4.69) is 73.8 Å². The van der Waals surface area contributed by atoms with Crippen LogP contribution in [0.4, 0.5) is 13.2 Å². The van der Waals surface area contributed by atoms with Gasteiger partial charge in [-0.15, -0.1) is 0 Å². The standard InChI is InChI=1S/C24H32N4O4Si.C18H18N4O3.C2HF3O/c1-31-24(30)20-15-28(16-32-11-12-33(2,3)4)23(26-20)10-8-21(29)19-14-27-13-18(17-5-6-17)7-9-22(27)25-19;1-25-18(24)13-8-19-16(20-13)6-5-15(23)14-10-22-9-12(11-2-3-11)4-7-17(22)21-14;3-2(4,5)1-6/h7,9,13-15,17H,5-6,8,10-12,16H2,1-4H3;4,7-11H,2-3,5-6H2,1H3,(H,19,20);1H. The van der Waals surface area contributed by atoms with E-state index in [1.807, 2.05) is 20.9 Å². The average molecular weight is 905 g/mol. The van der Waals surface area contributed by atoms with Crippen molar-refractivity contribution >= 4 is 49.2 Å². The average Bonchev–Trinajstić information content (AvgIpc) is 4.10. The van der Waals surface area contributed by atoms with Crippen LogP contribution in [0.15, 0.2) is 61.4 Å². The number of pyridine rings is 2. The number of aromatic nitrogens is 8. The highest BCUT2D eigenvalue weighted by Gasteiger charge is 2.26. The Kier molecular flexibility index (Phi) is 15.1. The van der Waals surface area contributed by atoms with Gasteiger partial charge in [-0.2, -0.15) is 13.2 Å². The van der Waals surface area contributed by atoms with Crippen molar-refractivity contribution in [1.82, 2.24) is 38.3 Å². The van der Waals surface area contributed by atoms with Gasteiger partial charge in [0.15, 0.2) is 17.3 Å². The van der Waals surface area contributed by atoms with Crippen LogP contribution in [0.5, 0.6) is 0 Å². The molecule has 0 unspecified atom stereocenters. The molecule has 2 fully saturated rings. The second kappa shape index (κ2) is 20.5. The number of hydrogen-bond acceptors (Lipinski definition) is 12. The number of aromatic amines is 1. The van der Waals surface area contributed by atoms with E-state index in [1.54, 1.807) is 23.2 Å². The monoisotopic (exact) mass is 904 g/mol. The van der Waals surface area contributed by atoms with E-state index in [1.165, 1.54) is 57.2 Å². The molecule has 6 aromatic rings. The Hall–Kier alpha value is -6.28. The lowest BCUT2D eigenvalue weighted by Gasteiger charge is -2.16. The van der Waals surface area contributed by atoms with E-state index < -0.39 is 32.5 Å². The normalized spacial score (nSPS) is 13.8. The minimum Gasteiger partial charge on any atom is -0.464 e. The molecule has 340 valence electrons. The van der Waals surface area contributed by atoms with Gasteiger partial charge >= 0.3 is 18.1 Å². The fraction of sp³-hybridized carbons (Fsp3) is 0.432. The number of ether oxygens (including phenoxy) is 3. The Labute approximate surface area is 367 Å². The number of esters is 2. The van der Waals surface area contributed by atoms with Crippen LogP contribution < -0.4 is 0 Å². The fourth-order valence-corrected chi connectivity index (χ4v) is 7.29. The van der Waals surface area contributed by atoms with Crippen LogP contribution in [0, 0.1) is 0 Å². The van der Waals surface area contributed by atoms with Gasteiger partial charge < -0.3 is 32.6 Å². The number of fused-ring (bicyclic) bond motifs is 2. The van der Waals surface area contributed by atoms with Gasteiger partial charge in [-0.3, -0.25) is 14.4 Å². The molecule has 16 nitrogen and oxygen atoms in total. The summed E-state index contributed by atoms with van der Waals surface area (Å²) >= 11 is 0. The third-order valence-electron chi connectivity index (χ3n) is 10.4. The van der Waals surface area contributed by atoms with Crippen LogP contribution in [0.3, 0.4) is 0 Å². The summed E-state index contributed by atoms with van der Waals surface area (Å²) in [4.78, 5) is 77.6. The van der Waals surface area contributed by atoms with Crippen molar-refractivity contribution in [3.05, 3.63) is 107 Å². The molecule has 0 saturated heterocycles. The van der Waals surface area contributed by atoms with Gasteiger partial charge in [0.1, 0.15) is 46.8 Å². The highest BCUT2D eigenvalue weighted by atomic mass is 28.3. The predicted octanol–water partition coefficient (Wildman–Crippen LogP) is 7.61. The number of aryl methyl sites for hydroxylation is 2. The lowest BCUT2D eigenvalue weighted by atomic mass is 10.2. The summed E-state index contributed by atoms with van der Waals surface area (Å²) in [5.74, 6) is 1.42. The van der Waals surface area contributed by atoms with E-state index in [4.69, 9.17) is 14.3 Å². The van der Waals surface area contributed by atoms with Crippen molar-refractivity contribution in [2.45, 2.75) is 102 Å². The molecule has 0 amide bonds. The van der Waals surface area contributed by atoms with Gasteiger partial charge in [0, 0.05) is 71.3 Å². The Morgan fingerprint density at radius 1 is 0.766 bits per heavy atom. The molecule has 64 heavy (non-hydrogen) atoms. The molecule has 6 heterocycles. The second-order valence-corrected chi connectivity index (χ2v) is 22.5. The SMILES string of the molecule is COC(=O)c1cn(COCC[Si](C)(C)C)c(CCC(=O)c2cn3cc(C4CC4)ccc3n2)n1.COC(=O)c1cnc(CCC(=O)c2cn3cc(C4CC4)ccc3n2)[nH]1.O=CC(F)(F)F. The topological polar surface area (TPSA) is 194 Å². The summed E-state index contributed by atoms with van der Waals surface area (Å²) in [7, 11) is 1.44. The second-order valence-electron chi connectivity index (χ2n) is 16.8. The Morgan fingerprint density at radius 3 is 1.78 bits per heavy atom. The van der Waals surface area contributed by atoms with Crippen molar-refractivity contribution < 1.29 is 51.4 Å². The van der Waals surface area contributed by atoms with E-state index >= 15 is 0 Å². The number of carbonyl (C=O) groups excluding carboxylic acids is 5. The number of alkyl halides is 3. The van der Waals surface area contributed by atoms with Crippen LogP contribution in [0.25, 0.3) is 11.3 Å². The third kappa shape index (κ3) is 13.4. The molecule has 0 aliphatic heterocycles. The number of halogens is 3. The molecule has 2 aliphatic carbocycles. The zero-order chi connectivity index (χ0) is 46.2. The Morgan fingerprint density at radius 2 is 1.30 bits per heavy atom. The molecule has 20 heteroatoms. The van der Waals surface area contributed by atoms with Crippen LogP contribution in [0.2, 0.25) is 25.7 Å². The van der Waals surface area contributed by atoms with Gasteiger partial charge in [-0.25, -0.2) is 29.5 Å². The lowest BCUT2D eigenvalue weighted by Crippen LogP contribution is -2.22. The molecule has 8 rings (SSSR count). The largest absolute Gasteiger partial charge is 0.464 e. The summed E-state index contributed by atoms with van der Waals surface area (Å²) < 4.78 is 52.1. The molecule has 1 N–H and O–H groups in total. The quantitative estimate of drug-likeness (QED) is 0.0310. The molecule has 2 saturated carbocycles. The van der Waals surface area contributed by atoms with Gasteiger partial charge in [-0.05, 0) is 66.8 Å². The number of aldehydes is 1. The summed E-state index contributed by atoms with van der Waals surface area (Å²) in [6, 6.07) is 9.17. The third-order valence-corrected chi connectivity index (χ3v) is 12.1. The minimum atomic E-state index is -4.64. The number of nitrogens with zero attached hydrogens (tertiary/aromatic N) is 7.